The predicted molar refractivity (Wildman–Crippen MR) is 136 cm³/mol. The molecule has 34 heavy (non-hydrogen) atoms. The molecule has 1 aliphatic heterocycles. The molecule has 1 heterocycles. The highest BCUT2D eigenvalue weighted by molar-refractivity contribution is 5.74. The number of likely N-dealkylation sites (tertiary alicyclic amines) is 1. The average molecular weight is 452 g/mol. The van der Waals surface area contributed by atoms with Gasteiger partial charge in [0.05, 0.1) is 0 Å². The van der Waals surface area contributed by atoms with Gasteiger partial charge >= 0.3 is 6.03 Å². The molecule has 2 N–H and O–H groups in total. The molecule has 4 nitrogen and oxygen atoms in total. The molecular weight excluding hydrogens is 418 g/mol. The number of carbonyl (C=O) groups is 1. The first-order valence-corrected chi connectivity index (χ1v) is 12.7. The van der Waals surface area contributed by atoms with Crippen molar-refractivity contribution in [1.82, 2.24) is 15.5 Å². The molecule has 2 amide bonds. The predicted octanol–water partition coefficient (Wildman–Crippen LogP) is 4.83. The molecule has 3 aromatic rings. The van der Waals surface area contributed by atoms with Crippen LogP contribution in [0.1, 0.15) is 53.0 Å². The van der Waals surface area contributed by atoms with E-state index in [9.17, 15) is 4.79 Å². The minimum absolute atomic E-state index is 0.0368. The number of rotatable bonds is 6. The van der Waals surface area contributed by atoms with E-state index < -0.39 is 0 Å². The summed E-state index contributed by atoms with van der Waals surface area (Å²) in [6.45, 7) is 3.81. The van der Waals surface area contributed by atoms with Crippen LogP contribution >= 0.6 is 0 Å². The van der Waals surface area contributed by atoms with E-state index in [0.717, 1.165) is 38.9 Å². The lowest BCUT2D eigenvalue weighted by molar-refractivity contribution is 0.169. The van der Waals surface area contributed by atoms with E-state index in [4.69, 9.17) is 0 Å². The Balaban J connectivity index is 1.05. The van der Waals surface area contributed by atoms with Crippen LogP contribution < -0.4 is 10.6 Å². The van der Waals surface area contributed by atoms with Gasteiger partial charge in [0.2, 0.25) is 0 Å². The van der Waals surface area contributed by atoms with Gasteiger partial charge in [-0.15, -0.1) is 0 Å². The Morgan fingerprint density at radius 2 is 1.47 bits per heavy atom. The van der Waals surface area contributed by atoms with Gasteiger partial charge in [0.1, 0.15) is 0 Å². The molecule has 0 spiro atoms. The van der Waals surface area contributed by atoms with E-state index >= 15 is 0 Å². The molecule has 0 aromatic heterocycles. The van der Waals surface area contributed by atoms with E-state index in [1.807, 2.05) is 18.2 Å². The molecule has 1 saturated heterocycles. The van der Waals surface area contributed by atoms with Gasteiger partial charge in [0, 0.05) is 43.6 Å². The van der Waals surface area contributed by atoms with Gasteiger partial charge in [-0.2, -0.15) is 0 Å². The number of hydrogen-bond acceptors (Lipinski definition) is 2. The second-order valence-electron chi connectivity index (χ2n) is 10.2. The summed E-state index contributed by atoms with van der Waals surface area (Å²) < 4.78 is 0. The monoisotopic (exact) mass is 451 g/mol. The molecule has 0 atom stereocenters. The summed E-state index contributed by atoms with van der Waals surface area (Å²) in [5.74, 6) is 0.547. The minimum Gasteiger partial charge on any atom is -0.338 e. The SMILES string of the molecule is O=C(NCCc1ccccc1)NC1CCN(CC23CC(c4ccccc42)c2ccccc23)CC1. The summed E-state index contributed by atoms with van der Waals surface area (Å²) in [5, 5.41) is 6.23. The van der Waals surface area contributed by atoms with Crippen LogP contribution in [0.2, 0.25) is 0 Å². The van der Waals surface area contributed by atoms with Crippen LogP contribution in [-0.2, 0) is 11.8 Å². The lowest BCUT2D eigenvalue weighted by Crippen LogP contribution is -2.50. The van der Waals surface area contributed by atoms with Crippen LogP contribution in [0.5, 0.6) is 0 Å². The Kier molecular flexibility index (Phi) is 5.62. The smallest absolute Gasteiger partial charge is 0.315 e. The number of hydrogen-bond donors (Lipinski definition) is 2. The number of benzene rings is 3. The van der Waals surface area contributed by atoms with Crippen molar-refractivity contribution in [3.8, 4) is 0 Å². The Morgan fingerprint density at radius 1 is 0.853 bits per heavy atom. The molecule has 2 aliphatic carbocycles. The zero-order chi connectivity index (χ0) is 23.0. The number of amides is 2. The van der Waals surface area contributed by atoms with Crippen molar-refractivity contribution in [2.75, 3.05) is 26.2 Å². The highest BCUT2D eigenvalue weighted by atomic mass is 16.2. The topological polar surface area (TPSA) is 44.4 Å². The number of nitrogens with zero attached hydrogens (tertiary/aromatic N) is 1. The fourth-order valence-electron chi connectivity index (χ4n) is 6.63. The largest absolute Gasteiger partial charge is 0.338 e. The van der Waals surface area contributed by atoms with Gasteiger partial charge < -0.3 is 15.5 Å². The third-order valence-corrected chi connectivity index (χ3v) is 8.21. The Morgan fingerprint density at radius 3 is 2.15 bits per heavy atom. The van der Waals surface area contributed by atoms with Crippen LogP contribution in [0.3, 0.4) is 0 Å². The van der Waals surface area contributed by atoms with Crippen molar-refractivity contribution in [1.29, 1.82) is 0 Å². The summed E-state index contributed by atoms with van der Waals surface area (Å²) in [5.41, 5.74) is 7.51. The van der Waals surface area contributed by atoms with Crippen LogP contribution in [0.15, 0.2) is 78.9 Å². The van der Waals surface area contributed by atoms with Gasteiger partial charge in [-0.3, -0.25) is 0 Å². The number of urea groups is 1. The lowest BCUT2D eigenvalue weighted by atomic mass is 9.74. The Bertz CT molecular complexity index is 1120. The van der Waals surface area contributed by atoms with Crippen LogP contribution in [0, 0.1) is 0 Å². The Hall–Kier alpha value is -3.11. The van der Waals surface area contributed by atoms with Crippen LogP contribution in [0.25, 0.3) is 0 Å². The third kappa shape index (κ3) is 3.80. The van der Waals surface area contributed by atoms with Crippen molar-refractivity contribution in [2.45, 2.75) is 43.1 Å². The number of fused-ring (bicyclic) bond motifs is 8. The molecule has 1 fully saturated rings. The maximum atomic E-state index is 12.4. The summed E-state index contributed by atoms with van der Waals surface area (Å²) in [7, 11) is 0. The van der Waals surface area contributed by atoms with Crippen molar-refractivity contribution in [2.24, 2.45) is 0 Å². The summed E-state index contributed by atoms with van der Waals surface area (Å²) in [6, 6.07) is 28.7. The number of piperidine rings is 1. The Labute approximate surface area is 202 Å². The van der Waals surface area contributed by atoms with Crippen LogP contribution in [0.4, 0.5) is 4.79 Å². The minimum atomic E-state index is -0.0368. The van der Waals surface area contributed by atoms with Crippen molar-refractivity contribution >= 4 is 6.03 Å². The maximum Gasteiger partial charge on any atom is 0.315 e. The van der Waals surface area contributed by atoms with E-state index in [0.29, 0.717) is 12.5 Å². The zero-order valence-corrected chi connectivity index (χ0v) is 19.7. The van der Waals surface area contributed by atoms with E-state index in [-0.39, 0.29) is 17.5 Å². The van der Waals surface area contributed by atoms with Crippen molar-refractivity contribution < 1.29 is 4.79 Å². The summed E-state index contributed by atoms with van der Waals surface area (Å²) in [6.07, 6.45) is 4.08. The zero-order valence-electron chi connectivity index (χ0n) is 19.7. The maximum absolute atomic E-state index is 12.4. The quantitative estimate of drug-likeness (QED) is 0.564. The second kappa shape index (κ2) is 8.92. The molecule has 4 heteroatoms. The first-order chi connectivity index (χ1) is 16.7. The molecule has 0 saturated carbocycles. The van der Waals surface area contributed by atoms with Gasteiger partial charge in [0.15, 0.2) is 0 Å². The van der Waals surface area contributed by atoms with E-state index in [1.54, 1.807) is 0 Å². The first kappa shape index (κ1) is 21.4. The lowest BCUT2D eigenvalue weighted by Gasteiger charge is -2.40. The van der Waals surface area contributed by atoms with Crippen molar-refractivity contribution in [3.05, 3.63) is 107 Å². The van der Waals surface area contributed by atoms with Gasteiger partial charge in [-0.1, -0.05) is 78.9 Å². The molecule has 3 aliphatic rings. The fraction of sp³-hybridized carbons (Fsp3) is 0.367. The van der Waals surface area contributed by atoms with Gasteiger partial charge in [-0.05, 0) is 53.5 Å². The normalized spacial score (nSPS) is 23.4. The van der Waals surface area contributed by atoms with E-state index in [1.165, 1.54) is 34.2 Å². The first-order valence-electron chi connectivity index (χ1n) is 12.7. The van der Waals surface area contributed by atoms with Crippen LogP contribution in [-0.4, -0.2) is 43.2 Å². The average Bonchev–Trinajstić information content (AvgIpc) is 3.38. The standard InChI is InChI=1S/C30H33N3O/c34-29(31-17-14-22-8-2-1-3-9-22)32-23-15-18-33(19-16-23)21-30-20-26(24-10-4-6-12-27(24)30)25-11-5-7-13-28(25)30/h1-13,23,26H,14-21H2,(H2,31,32,34). The fourth-order valence-corrected chi connectivity index (χ4v) is 6.63. The molecule has 0 unspecified atom stereocenters. The van der Waals surface area contributed by atoms with Gasteiger partial charge in [-0.25, -0.2) is 4.79 Å². The molecule has 3 aromatic carbocycles. The highest BCUT2D eigenvalue weighted by Crippen LogP contribution is 2.60. The summed E-state index contributed by atoms with van der Waals surface area (Å²) in [4.78, 5) is 15.0. The third-order valence-electron chi connectivity index (χ3n) is 8.21. The highest BCUT2D eigenvalue weighted by Gasteiger charge is 2.53. The summed E-state index contributed by atoms with van der Waals surface area (Å²) >= 11 is 0. The molecular formula is C30H33N3O. The molecule has 174 valence electrons. The second-order valence-corrected chi connectivity index (χ2v) is 10.2. The number of nitrogens with one attached hydrogen (secondary N) is 2. The number of carbonyl (C=O) groups excluding carboxylic acids is 1. The molecule has 6 rings (SSSR count). The molecule has 0 radical (unpaired) electrons. The molecule has 2 bridgehead atoms. The van der Waals surface area contributed by atoms with E-state index in [2.05, 4.69) is 76.2 Å². The van der Waals surface area contributed by atoms with Gasteiger partial charge in [0.25, 0.3) is 0 Å². The van der Waals surface area contributed by atoms with Crippen molar-refractivity contribution in [3.63, 3.8) is 0 Å².